The number of nitrogens with one attached hydrogen (secondary N) is 1. The molecule has 1 saturated heterocycles. The topological polar surface area (TPSA) is 25.2 Å². The second kappa shape index (κ2) is 4.85. The Morgan fingerprint density at radius 1 is 1.42 bits per heavy atom. The summed E-state index contributed by atoms with van der Waals surface area (Å²) in [7, 11) is 0. The highest BCUT2D eigenvalue weighted by Gasteiger charge is 2.37. The van der Waals surface area contributed by atoms with Crippen molar-refractivity contribution in [2.75, 3.05) is 5.75 Å². The summed E-state index contributed by atoms with van der Waals surface area (Å²) < 4.78 is 5.92. The lowest BCUT2D eigenvalue weighted by atomic mass is 9.74. The van der Waals surface area contributed by atoms with Crippen LogP contribution in [0.2, 0.25) is 0 Å². The fraction of sp³-hybridized carbons (Fsp3) is 0.750. The highest BCUT2D eigenvalue weighted by atomic mass is 32.2. The molecule has 1 fully saturated rings. The lowest BCUT2D eigenvalue weighted by molar-refractivity contribution is 0.224. The van der Waals surface area contributed by atoms with Crippen LogP contribution in [0.25, 0.3) is 0 Å². The van der Waals surface area contributed by atoms with E-state index in [1.54, 1.807) is 0 Å². The zero-order chi connectivity index (χ0) is 13.6. The van der Waals surface area contributed by atoms with Crippen LogP contribution in [0, 0.1) is 12.3 Å². The second-order valence-electron chi connectivity index (χ2n) is 6.97. The third kappa shape index (κ3) is 2.73. The SMILES string of the molecule is Cc1cc2c(o1)CC(C)(C)CC2NC1CCSC1C. The van der Waals surface area contributed by atoms with Gasteiger partial charge in [0.2, 0.25) is 0 Å². The van der Waals surface area contributed by atoms with Gasteiger partial charge in [0.25, 0.3) is 0 Å². The Morgan fingerprint density at radius 2 is 2.21 bits per heavy atom. The first-order valence-corrected chi connectivity index (χ1v) is 8.46. The molecule has 1 aliphatic heterocycles. The van der Waals surface area contributed by atoms with Crippen LogP contribution < -0.4 is 5.32 Å². The minimum atomic E-state index is 0.337. The monoisotopic (exact) mass is 279 g/mol. The summed E-state index contributed by atoms with van der Waals surface area (Å²) in [6.07, 6.45) is 3.59. The molecule has 3 heteroatoms. The molecule has 2 nitrogen and oxygen atoms in total. The smallest absolute Gasteiger partial charge is 0.109 e. The average molecular weight is 279 g/mol. The minimum absolute atomic E-state index is 0.337. The summed E-state index contributed by atoms with van der Waals surface area (Å²) in [4.78, 5) is 0. The van der Waals surface area contributed by atoms with Crippen molar-refractivity contribution < 1.29 is 4.42 Å². The third-order valence-electron chi connectivity index (χ3n) is 4.53. The van der Waals surface area contributed by atoms with Gasteiger partial charge in [-0.15, -0.1) is 0 Å². The van der Waals surface area contributed by atoms with E-state index in [2.05, 4.69) is 50.8 Å². The molecule has 1 N–H and O–H groups in total. The maximum atomic E-state index is 5.92. The highest BCUT2D eigenvalue weighted by Crippen LogP contribution is 2.43. The van der Waals surface area contributed by atoms with Crippen LogP contribution in [0.5, 0.6) is 0 Å². The summed E-state index contributed by atoms with van der Waals surface area (Å²) in [6.45, 7) is 9.13. The van der Waals surface area contributed by atoms with E-state index in [-0.39, 0.29) is 0 Å². The lowest BCUT2D eigenvalue weighted by Gasteiger charge is -2.36. The minimum Gasteiger partial charge on any atom is -0.466 e. The number of hydrogen-bond donors (Lipinski definition) is 1. The Morgan fingerprint density at radius 3 is 2.89 bits per heavy atom. The summed E-state index contributed by atoms with van der Waals surface area (Å²) in [5, 5.41) is 4.65. The molecule has 2 aliphatic rings. The van der Waals surface area contributed by atoms with Gasteiger partial charge in [0.15, 0.2) is 0 Å². The molecule has 0 spiro atoms. The highest BCUT2D eigenvalue weighted by molar-refractivity contribution is 8.00. The summed E-state index contributed by atoms with van der Waals surface area (Å²) in [5.41, 5.74) is 1.75. The zero-order valence-corrected chi connectivity index (χ0v) is 13.3. The molecule has 3 rings (SSSR count). The number of furan rings is 1. The van der Waals surface area contributed by atoms with E-state index in [9.17, 15) is 0 Å². The van der Waals surface area contributed by atoms with Gasteiger partial charge in [-0.25, -0.2) is 0 Å². The molecule has 2 heterocycles. The van der Waals surface area contributed by atoms with Gasteiger partial charge < -0.3 is 9.73 Å². The quantitative estimate of drug-likeness (QED) is 0.883. The van der Waals surface area contributed by atoms with Crippen LogP contribution in [-0.2, 0) is 6.42 Å². The molecule has 3 atom stereocenters. The Hall–Kier alpha value is -0.410. The number of rotatable bonds is 2. The maximum absolute atomic E-state index is 5.92. The second-order valence-corrected chi connectivity index (χ2v) is 8.46. The van der Waals surface area contributed by atoms with Gasteiger partial charge in [-0.3, -0.25) is 0 Å². The molecule has 0 bridgehead atoms. The Kier molecular flexibility index (Phi) is 3.46. The molecular weight excluding hydrogens is 254 g/mol. The average Bonchev–Trinajstić information content (AvgIpc) is 2.84. The molecule has 0 saturated carbocycles. The van der Waals surface area contributed by atoms with Crippen LogP contribution in [0.15, 0.2) is 10.5 Å². The lowest BCUT2D eigenvalue weighted by Crippen LogP contribution is -2.40. The van der Waals surface area contributed by atoms with Crippen molar-refractivity contribution in [1.29, 1.82) is 0 Å². The van der Waals surface area contributed by atoms with E-state index in [1.807, 2.05) is 0 Å². The van der Waals surface area contributed by atoms with Gasteiger partial charge >= 0.3 is 0 Å². The van der Waals surface area contributed by atoms with Gasteiger partial charge in [-0.1, -0.05) is 20.8 Å². The fourth-order valence-corrected chi connectivity index (χ4v) is 4.75. The van der Waals surface area contributed by atoms with Crippen LogP contribution >= 0.6 is 11.8 Å². The van der Waals surface area contributed by atoms with Crippen molar-refractivity contribution in [1.82, 2.24) is 5.32 Å². The maximum Gasteiger partial charge on any atom is 0.109 e. The molecule has 106 valence electrons. The summed E-state index contributed by atoms with van der Waals surface area (Å²) in [6, 6.07) is 3.38. The van der Waals surface area contributed by atoms with Gasteiger partial charge in [-0.05, 0) is 37.0 Å². The van der Waals surface area contributed by atoms with Crippen molar-refractivity contribution in [2.24, 2.45) is 5.41 Å². The molecule has 1 aromatic rings. The zero-order valence-electron chi connectivity index (χ0n) is 12.5. The van der Waals surface area contributed by atoms with Crippen LogP contribution in [-0.4, -0.2) is 17.0 Å². The van der Waals surface area contributed by atoms with Gasteiger partial charge in [0, 0.05) is 29.3 Å². The summed E-state index contributed by atoms with van der Waals surface area (Å²) in [5.74, 6) is 3.57. The van der Waals surface area contributed by atoms with Gasteiger partial charge in [-0.2, -0.15) is 11.8 Å². The molecule has 0 aromatic carbocycles. The molecule has 1 aliphatic carbocycles. The van der Waals surface area contributed by atoms with Crippen molar-refractivity contribution in [2.45, 2.75) is 64.3 Å². The van der Waals surface area contributed by atoms with E-state index in [4.69, 9.17) is 4.42 Å². The van der Waals surface area contributed by atoms with Crippen molar-refractivity contribution in [3.05, 3.63) is 23.2 Å². The van der Waals surface area contributed by atoms with Gasteiger partial charge in [0.1, 0.15) is 11.5 Å². The third-order valence-corrected chi connectivity index (χ3v) is 5.85. The van der Waals surface area contributed by atoms with E-state index < -0.39 is 0 Å². The van der Waals surface area contributed by atoms with E-state index in [0.717, 1.165) is 17.4 Å². The Balaban J connectivity index is 1.83. The molecule has 0 amide bonds. The standard InChI is InChI=1S/C16H25NOS/c1-10-7-12-14(17-13-5-6-19-11(13)2)8-16(3,4)9-15(12)18-10/h7,11,13-14,17H,5-6,8-9H2,1-4H3. The fourth-order valence-electron chi connectivity index (χ4n) is 3.54. The van der Waals surface area contributed by atoms with Crippen molar-refractivity contribution in [3.8, 4) is 0 Å². The number of thioether (sulfide) groups is 1. The predicted octanol–water partition coefficient (Wildman–Crippen LogP) is 4.09. The molecule has 0 radical (unpaired) electrons. The first kappa shape index (κ1) is 13.6. The van der Waals surface area contributed by atoms with Gasteiger partial charge in [0.05, 0.1) is 0 Å². The number of fused-ring (bicyclic) bond motifs is 1. The van der Waals surface area contributed by atoms with Crippen LogP contribution in [0.3, 0.4) is 0 Å². The molecule has 1 aromatic heterocycles. The van der Waals surface area contributed by atoms with Crippen molar-refractivity contribution >= 4 is 11.8 Å². The number of aryl methyl sites for hydroxylation is 1. The predicted molar refractivity (Wildman–Crippen MR) is 81.7 cm³/mol. The molecule has 3 unspecified atom stereocenters. The Bertz CT molecular complexity index is 465. The van der Waals surface area contributed by atoms with E-state index in [0.29, 0.717) is 17.5 Å². The normalized spacial score (nSPS) is 33.4. The molecular formula is C16H25NOS. The first-order valence-electron chi connectivity index (χ1n) is 7.41. The summed E-state index contributed by atoms with van der Waals surface area (Å²) >= 11 is 2.09. The van der Waals surface area contributed by atoms with E-state index >= 15 is 0 Å². The van der Waals surface area contributed by atoms with Crippen LogP contribution in [0.4, 0.5) is 0 Å². The van der Waals surface area contributed by atoms with E-state index in [1.165, 1.54) is 29.9 Å². The van der Waals surface area contributed by atoms with Crippen molar-refractivity contribution in [3.63, 3.8) is 0 Å². The first-order chi connectivity index (χ1) is 8.94. The molecule has 19 heavy (non-hydrogen) atoms. The Labute approximate surface area is 120 Å². The van der Waals surface area contributed by atoms with Crippen LogP contribution in [0.1, 0.15) is 56.7 Å². The number of hydrogen-bond acceptors (Lipinski definition) is 3. The largest absolute Gasteiger partial charge is 0.466 e.